The summed E-state index contributed by atoms with van der Waals surface area (Å²) in [5.74, 6) is 0.562. The third-order valence-corrected chi connectivity index (χ3v) is 5.19. The molecule has 0 unspecified atom stereocenters. The fraction of sp³-hybridized carbons (Fsp3) is 0.381. The Hall–Kier alpha value is -3.13. The van der Waals surface area contributed by atoms with Gasteiger partial charge in [-0.05, 0) is 37.3 Å². The highest BCUT2D eigenvalue weighted by atomic mass is 16.6. The van der Waals surface area contributed by atoms with Gasteiger partial charge in [0, 0.05) is 62.1 Å². The monoisotopic (exact) mass is 398 g/mol. The minimum Gasteiger partial charge on any atom is -0.497 e. The highest BCUT2D eigenvalue weighted by Crippen LogP contribution is 2.21. The van der Waals surface area contributed by atoms with Crippen LogP contribution in [0.25, 0.3) is 0 Å². The molecule has 1 fully saturated rings. The Bertz CT molecular complexity index is 861. The molecule has 0 radical (unpaired) electrons. The lowest BCUT2D eigenvalue weighted by Gasteiger charge is -2.36. The molecule has 1 heterocycles. The first kappa shape index (κ1) is 20.6. The number of rotatable bonds is 7. The minimum absolute atomic E-state index is 0.0349. The highest BCUT2D eigenvalue weighted by Gasteiger charge is 2.18. The number of methoxy groups -OCH3 is 1. The second-order valence-electron chi connectivity index (χ2n) is 7.04. The average Bonchev–Trinajstić information content (AvgIpc) is 2.74. The molecule has 1 aliphatic heterocycles. The quantitative estimate of drug-likeness (QED) is 0.569. The number of anilines is 1. The molecule has 0 atom stereocenters. The molecule has 0 saturated carbocycles. The lowest BCUT2D eigenvalue weighted by atomic mass is 10.1. The van der Waals surface area contributed by atoms with Crippen LogP contribution in [0.3, 0.4) is 0 Å². The molecule has 1 aliphatic rings. The van der Waals surface area contributed by atoms with Gasteiger partial charge in [-0.15, -0.1) is 0 Å². The van der Waals surface area contributed by atoms with Crippen LogP contribution >= 0.6 is 0 Å². The number of carbonyl (C=O) groups is 1. The molecule has 8 nitrogen and oxygen atoms in total. The minimum atomic E-state index is -0.464. The van der Waals surface area contributed by atoms with Crippen LogP contribution in [0, 0.1) is 17.0 Å². The standard InChI is InChI=1S/C21H26N4O4/c1-16-3-4-17(15-20(16)25(27)28)21(26)22-9-10-23-11-13-24(14-12-23)18-5-7-19(29-2)8-6-18/h3-8,15H,9-14H2,1-2H3,(H,22,26). The number of nitro benzene ring substituents is 1. The second kappa shape index (κ2) is 9.38. The lowest BCUT2D eigenvalue weighted by Crippen LogP contribution is -2.48. The first-order valence-corrected chi connectivity index (χ1v) is 9.62. The summed E-state index contributed by atoms with van der Waals surface area (Å²) in [6, 6.07) is 12.6. The van der Waals surface area contributed by atoms with Gasteiger partial charge in [-0.3, -0.25) is 19.8 Å². The molecule has 2 aromatic rings. The summed E-state index contributed by atoms with van der Waals surface area (Å²) in [6.07, 6.45) is 0. The topological polar surface area (TPSA) is 88.0 Å². The Morgan fingerprint density at radius 2 is 1.83 bits per heavy atom. The summed E-state index contributed by atoms with van der Waals surface area (Å²) < 4.78 is 5.20. The lowest BCUT2D eigenvalue weighted by molar-refractivity contribution is -0.385. The first-order chi connectivity index (χ1) is 14.0. The molecule has 2 aromatic carbocycles. The molecule has 29 heavy (non-hydrogen) atoms. The summed E-state index contributed by atoms with van der Waals surface area (Å²) in [6.45, 7) is 6.58. The molecule has 154 valence electrons. The largest absolute Gasteiger partial charge is 0.497 e. The van der Waals surface area contributed by atoms with Crippen molar-refractivity contribution in [3.63, 3.8) is 0 Å². The van der Waals surface area contributed by atoms with Crippen molar-refractivity contribution in [3.8, 4) is 5.75 Å². The molecule has 8 heteroatoms. The molecular weight excluding hydrogens is 372 g/mol. The van der Waals surface area contributed by atoms with Crippen molar-refractivity contribution in [1.82, 2.24) is 10.2 Å². The van der Waals surface area contributed by atoms with Crippen molar-refractivity contribution in [3.05, 3.63) is 63.7 Å². The van der Waals surface area contributed by atoms with Gasteiger partial charge >= 0.3 is 0 Å². The van der Waals surface area contributed by atoms with Gasteiger partial charge in [0.15, 0.2) is 0 Å². The van der Waals surface area contributed by atoms with Gasteiger partial charge in [-0.2, -0.15) is 0 Å². The van der Waals surface area contributed by atoms with Crippen molar-refractivity contribution in [2.45, 2.75) is 6.92 Å². The van der Waals surface area contributed by atoms with Crippen molar-refractivity contribution in [2.24, 2.45) is 0 Å². The van der Waals surface area contributed by atoms with Gasteiger partial charge in [-0.25, -0.2) is 0 Å². The third-order valence-electron chi connectivity index (χ3n) is 5.19. The number of nitrogens with zero attached hydrogens (tertiary/aromatic N) is 3. The average molecular weight is 398 g/mol. The van der Waals surface area contributed by atoms with E-state index >= 15 is 0 Å². The molecule has 3 rings (SSSR count). The molecule has 1 saturated heterocycles. The summed E-state index contributed by atoms with van der Waals surface area (Å²) in [4.78, 5) is 27.5. The maximum absolute atomic E-state index is 12.3. The Balaban J connectivity index is 1.44. The van der Waals surface area contributed by atoms with Crippen LogP contribution in [-0.2, 0) is 0 Å². The van der Waals surface area contributed by atoms with E-state index in [1.165, 1.54) is 11.8 Å². The fourth-order valence-electron chi connectivity index (χ4n) is 3.40. The molecule has 0 spiro atoms. The number of amides is 1. The van der Waals surface area contributed by atoms with Gasteiger partial charge in [0.2, 0.25) is 0 Å². The number of piperazine rings is 1. The van der Waals surface area contributed by atoms with E-state index in [1.54, 1.807) is 26.2 Å². The normalized spacial score (nSPS) is 14.5. The van der Waals surface area contributed by atoms with Gasteiger partial charge in [0.1, 0.15) is 5.75 Å². The van der Waals surface area contributed by atoms with Crippen LogP contribution in [0.1, 0.15) is 15.9 Å². The third kappa shape index (κ3) is 5.23. The van der Waals surface area contributed by atoms with Crippen molar-refractivity contribution >= 4 is 17.3 Å². The molecule has 0 aromatic heterocycles. The number of hydrogen-bond donors (Lipinski definition) is 1. The predicted octanol–water partition coefficient (Wildman–Crippen LogP) is 2.46. The summed E-state index contributed by atoms with van der Waals surface area (Å²) >= 11 is 0. The number of ether oxygens (including phenoxy) is 1. The Kier molecular flexibility index (Phi) is 6.66. The smallest absolute Gasteiger partial charge is 0.273 e. The van der Waals surface area contributed by atoms with Crippen LogP contribution in [0.2, 0.25) is 0 Å². The Morgan fingerprint density at radius 3 is 2.45 bits per heavy atom. The zero-order valence-corrected chi connectivity index (χ0v) is 16.8. The zero-order chi connectivity index (χ0) is 20.8. The highest BCUT2D eigenvalue weighted by molar-refractivity contribution is 5.94. The van der Waals surface area contributed by atoms with E-state index in [2.05, 4.69) is 27.2 Å². The number of nitro groups is 1. The van der Waals surface area contributed by atoms with Crippen molar-refractivity contribution < 1.29 is 14.5 Å². The zero-order valence-electron chi connectivity index (χ0n) is 16.8. The van der Waals surface area contributed by atoms with E-state index in [4.69, 9.17) is 4.74 Å². The number of hydrogen-bond acceptors (Lipinski definition) is 6. The van der Waals surface area contributed by atoms with E-state index < -0.39 is 4.92 Å². The van der Waals surface area contributed by atoms with Gasteiger partial charge in [0.25, 0.3) is 11.6 Å². The van der Waals surface area contributed by atoms with E-state index in [1.807, 2.05) is 12.1 Å². The molecule has 0 aliphatic carbocycles. The second-order valence-corrected chi connectivity index (χ2v) is 7.04. The molecule has 0 bridgehead atoms. The van der Waals surface area contributed by atoms with Crippen LogP contribution in [0.15, 0.2) is 42.5 Å². The van der Waals surface area contributed by atoms with Crippen LogP contribution in [0.5, 0.6) is 5.75 Å². The van der Waals surface area contributed by atoms with E-state index in [9.17, 15) is 14.9 Å². The van der Waals surface area contributed by atoms with Gasteiger partial charge in [-0.1, -0.05) is 6.07 Å². The fourth-order valence-corrected chi connectivity index (χ4v) is 3.40. The number of benzene rings is 2. The SMILES string of the molecule is COc1ccc(N2CCN(CCNC(=O)c3ccc(C)c([N+](=O)[O-])c3)CC2)cc1. The van der Waals surface area contributed by atoms with Crippen molar-refractivity contribution in [2.75, 3.05) is 51.3 Å². The number of aryl methyl sites for hydroxylation is 1. The first-order valence-electron chi connectivity index (χ1n) is 9.62. The van der Waals surface area contributed by atoms with Crippen LogP contribution < -0.4 is 15.0 Å². The van der Waals surface area contributed by atoms with E-state index in [0.29, 0.717) is 17.7 Å². The Morgan fingerprint density at radius 1 is 1.14 bits per heavy atom. The van der Waals surface area contributed by atoms with E-state index in [0.717, 1.165) is 38.5 Å². The number of nitrogens with one attached hydrogen (secondary N) is 1. The van der Waals surface area contributed by atoms with Gasteiger partial charge in [0.05, 0.1) is 12.0 Å². The van der Waals surface area contributed by atoms with E-state index in [-0.39, 0.29) is 11.6 Å². The maximum Gasteiger partial charge on any atom is 0.273 e. The molecular formula is C21H26N4O4. The summed E-state index contributed by atoms with van der Waals surface area (Å²) in [5, 5.41) is 13.9. The molecule has 1 N–H and O–H groups in total. The van der Waals surface area contributed by atoms with Gasteiger partial charge < -0.3 is 15.0 Å². The predicted molar refractivity (Wildman–Crippen MR) is 112 cm³/mol. The van der Waals surface area contributed by atoms with Crippen LogP contribution in [-0.4, -0.2) is 62.1 Å². The summed E-state index contributed by atoms with van der Waals surface area (Å²) in [7, 11) is 1.66. The summed E-state index contributed by atoms with van der Waals surface area (Å²) in [5.41, 5.74) is 2.00. The number of carbonyl (C=O) groups excluding carboxylic acids is 1. The Labute approximate surface area is 170 Å². The van der Waals surface area contributed by atoms with Crippen molar-refractivity contribution in [1.29, 1.82) is 0 Å². The van der Waals surface area contributed by atoms with Crippen LogP contribution in [0.4, 0.5) is 11.4 Å². The maximum atomic E-state index is 12.3. The molecule has 1 amide bonds.